The Morgan fingerprint density at radius 1 is 1.19 bits per heavy atom. The minimum absolute atomic E-state index is 0. The van der Waals surface area contributed by atoms with E-state index >= 15 is 0 Å². The Morgan fingerprint density at radius 3 is 2.42 bits per heavy atom. The summed E-state index contributed by atoms with van der Waals surface area (Å²) in [7, 11) is 4.64. The van der Waals surface area contributed by atoms with E-state index in [1.54, 1.807) is 19.2 Å². The Kier molecular flexibility index (Phi) is 12.0. The first kappa shape index (κ1) is 24.5. The minimum Gasteiger partial charge on any atom is -0.496 e. The predicted molar refractivity (Wildman–Crippen MR) is 117 cm³/mol. The summed E-state index contributed by atoms with van der Waals surface area (Å²) in [5.74, 6) is 1.52. The Bertz CT molecular complexity index is 591. The van der Waals surface area contributed by atoms with Crippen molar-refractivity contribution in [1.82, 2.24) is 10.6 Å². The average molecular weight is 477 g/mol. The molecule has 0 fully saturated rings. The summed E-state index contributed by atoms with van der Waals surface area (Å²) in [6.45, 7) is 7.15. The monoisotopic (exact) mass is 477 g/mol. The van der Waals surface area contributed by atoms with Crippen LogP contribution in [0.15, 0.2) is 23.2 Å². The van der Waals surface area contributed by atoms with Crippen LogP contribution in [0.5, 0.6) is 5.75 Å². The van der Waals surface area contributed by atoms with Crippen LogP contribution in [0.4, 0.5) is 0 Å². The molecule has 1 unspecified atom stereocenters. The molecule has 0 aliphatic heterocycles. The summed E-state index contributed by atoms with van der Waals surface area (Å²) >= 11 is 0. The number of esters is 1. The van der Waals surface area contributed by atoms with Crippen molar-refractivity contribution < 1.29 is 14.3 Å². The topological polar surface area (TPSA) is 72.0 Å². The highest BCUT2D eigenvalue weighted by atomic mass is 127. The molecule has 0 aromatic heterocycles. The van der Waals surface area contributed by atoms with E-state index in [1.165, 1.54) is 20.6 Å². The molecule has 0 saturated heterocycles. The van der Waals surface area contributed by atoms with E-state index in [0.29, 0.717) is 29.8 Å². The van der Waals surface area contributed by atoms with Gasteiger partial charge in [-0.25, -0.2) is 4.79 Å². The largest absolute Gasteiger partial charge is 0.496 e. The average Bonchev–Trinajstić information content (AvgIpc) is 2.62. The third-order valence-electron chi connectivity index (χ3n) is 3.91. The van der Waals surface area contributed by atoms with Gasteiger partial charge in [0.1, 0.15) is 11.3 Å². The van der Waals surface area contributed by atoms with Gasteiger partial charge in [-0.05, 0) is 43.4 Å². The molecule has 1 aromatic carbocycles. The molecule has 0 aliphatic carbocycles. The van der Waals surface area contributed by atoms with Crippen LogP contribution in [-0.4, -0.2) is 39.2 Å². The number of nitrogens with one attached hydrogen (secondary N) is 2. The minimum atomic E-state index is -0.413. The number of guanidine groups is 1. The van der Waals surface area contributed by atoms with E-state index in [2.05, 4.69) is 36.4 Å². The summed E-state index contributed by atoms with van der Waals surface area (Å²) in [6, 6.07) is 5.79. The Balaban J connectivity index is 0.00000625. The van der Waals surface area contributed by atoms with Gasteiger partial charge < -0.3 is 20.1 Å². The van der Waals surface area contributed by atoms with E-state index in [4.69, 9.17) is 9.47 Å². The van der Waals surface area contributed by atoms with Crippen molar-refractivity contribution in [3.05, 3.63) is 29.3 Å². The number of carbonyl (C=O) groups is 1. The highest BCUT2D eigenvalue weighted by Crippen LogP contribution is 2.20. The zero-order chi connectivity index (χ0) is 18.8. The predicted octanol–water partition coefficient (Wildman–Crippen LogP) is 3.59. The summed E-state index contributed by atoms with van der Waals surface area (Å²) in [5, 5.41) is 6.66. The number of carbonyl (C=O) groups excluding carboxylic acids is 1. The van der Waals surface area contributed by atoms with Crippen molar-refractivity contribution in [2.45, 2.75) is 46.2 Å². The molecule has 0 heterocycles. The van der Waals surface area contributed by atoms with Gasteiger partial charge in [-0.1, -0.05) is 19.9 Å². The van der Waals surface area contributed by atoms with Crippen molar-refractivity contribution in [2.75, 3.05) is 21.3 Å². The van der Waals surface area contributed by atoms with Gasteiger partial charge in [0.25, 0.3) is 0 Å². The number of hydrogen-bond donors (Lipinski definition) is 2. The smallest absolute Gasteiger partial charge is 0.341 e. The van der Waals surface area contributed by atoms with Gasteiger partial charge in [-0.2, -0.15) is 0 Å². The van der Waals surface area contributed by atoms with E-state index < -0.39 is 5.97 Å². The maximum Gasteiger partial charge on any atom is 0.341 e. The number of benzene rings is 1. The molecular formula is C19H32IN3O3. The van der Waals surface area contributed by atoms with Gasteiger partial charge in [0, 0.05) is 19.6 Å². The van der Waals surface area contributed by atoms with Crippen LogP contribution in [0.25, 0.3) is 0 Å². The fraction of sp³-hybridized carbons (Fsp3) is 0.579. The second-order valence-corrected chi connectivity index (χ2v) is 6.47. The third kappa shape index (κ3) is 8.25. The lowest BCUT2D eigenvalue weighted by Crippen LogP contribution is -2.41. The second-order valence-electron chi connectivity index (χ2n) is 6.47. The van der Waals surface area contributed by atoms with Gasteiger partial charge in [-0.15, -0.1) is 24.0 Å². The lowest BCUT2D eigenvalue weighted by atomic mass is 10.0. The molecule has 2 N–H and O–H groups in total. The highest BCUT2D eigenvalue weighted by molar-refractivity contribution is 14.0. The summed E-state index contributed by atoms with van der Waals surface area (Å²) < 4.78 is 10.0. The quantitative estimate of drug-likeness (QED) is 0.259. The molecule has 1 atom stereocenters. The molecule has 148 valence electrons. The number of nitrogens with zero attached hydrogens (tertiary/aromatic N) is 1. The molecule has 26 heavy (non-hydrogen) atoms. The van der Waals surface area contributed by atoms with Gasteiger partial charge in [0.2, 0.25) is 0 Å². The lowest BCUT2D eigenvalue weighted by molar-refractivity contribution is 0.0597. The van der Waals surface area contributed by atoms with Crippen LogP contribution in [0.2, 0.25) is 0 Å². The zero-order valence-corrected chi connectivity index (χ0v) is 18.9. The number of aliphatic imine (C=N–C) groups is 1. The number of hydrogen-bond acceptors (Lipinski definition) is 4. The molecule has 0 bridgehead atoms. The van der Waals surface area contributed by atoms with Crippen LogP contribution < -0.4 is 15.4 Å². The SMILES string of the molecule is CN=C(NCc1ccc(OC)c(C(=O)OC)c1)NC(C)CCC(C)C.I. The normalized spacial score (nSPS) is 12.2. The van der Waals surface area contributed by atoms with Crippen molar-refractivity contribution in [2.24, 2.45) is 10.9 Å². The molecule has 7 heteroatoms. The molecule has 1 rings (SSSR count). The summed E-state index contributed by atoms with van der Waals surface area (Å²) in [5.41, 5.74) is 1.36. The maximum atomic E-state index is 11.9. The molecule has 0 radical (unpaired) electrons. The van der Waals surface area contributed by atoms with E-state index in [-0.39, 0.29) is 24.0 Å². The van der Waals surface area contributed by atoms with Gasteiger partial charge >= 0.3 is 5.97 Å². The number of methoxy groups -OCH3 is 2. The molecule has 0 spiro atoms. The molecule has 0 saturated carbocycles. The first-order valence-electron chi connectivity index (χ1n) is 8.63. The fourth-order valence-corrected chi connectivity index (χ4v) is 2.40. The van der Waals surface area contributed by atoms with Gasteiger partial charge in [-0.3, -0.25) is 4.99 Å². The fourth-order valence-electron chi connectivity index (χ4n) is 2.40. The van der Waals surface area contributed by atoms with Crippen LogP contribution in [-0.2, 0) is 11.3 Å². The van der Waals surface area contributed by atoms with Crippen LogP contribution >= 0.6 is 24.0 Å². The zero-order valence-electron chi connectivity index (χ0n) is 16.6. The van der Waals surface area contributed by atoms with Crippen molar-refractivity contribution in [1.29, 1.82) is 0 Å². The second kappa shape index (κ2) is 12.8. The number of rotatable bonds is 8. The van der Waals surface area contributed by atoms with Crippen LogP contribution in [0, 0.1) is 5.92 Å². The Morgan fingerprint density at radius 2 is 1.88 bits per heavy atom. The van der Waals surface area contributed by atoms with Gasteiger partial charge in [0.15, 0.2) is 5.96 Å². The lowest BCUT2D eigenvalue weighted by Gasteiger charge is -2.19. The third-order valence-corrected chi connectivity index (χ3v) is 3.91. The van der Waals surface area contributed by atoms with Gasteiger partial charge in [0.05, 0.1) is 14.2 Å². The van der Waals surface area contributed by atoms with Crippen molar-refractivity contribution >= 4 is 35.9 Å². The molecule has 0 aliphatic rings. The molecule has 1 aromatic rings. The van der Waals surface area contributed by atoms with E-state index in [0.717, 1.165) is 17.9 Å². The molecule has 6 nitrogen and oxygen atoms in total. The van der Waals surface area contributed by atoms with E-state index in [1.807, 2.05) is 6.07 Å². The van der Waals surface area contributed by atoms with Crippen LogP contribution in [0.1, 0.15) is 49.5 Å². The van der Waals surface area contributed by atoms with E-state index in [9.17, 15) is 4.79 Å². The summed E-state index contributed by atoms with van der Waals surface area (Å²) in [4.78, 5) is 16.1. The molecular weight excluding hydrogens is 445 g/mol. The standard InChI is InChI=1S/C19H31N3O3.HI/c1-13(2)7-8-14(3)22-19(20-4)21-12-15-9-10-17(24-5)16(11-15)18(23)25-6;/h9-11,13-14H,7-8,12H2,1-6H3,(H2,20,21,22);1H. The van der Waals surface area contributed by atoms with Crippen molar-refractivity contribution in [3.8, 4) is 5.75 Å². The number of halogens is 1. The highest BCUT2D eigenvalue weighted by Gasteiger charge is 2.14. The maximum absolute atomic E-state index is 11.9. The Hall–Kier alpha value is -1.51. The molecule has 0 amide bonds. The summed E-state index contributed by atoms with van der Waals surface area (Å²) in [6.07, 6.45) is 2.26. The number of ether oxygens (including phenoxy) is 2. The first-order valence-corrected chi connectivity index (χ1v) is 8.63. The first-order chi connectivity index (χ1) is 11.9. The van der Waals surface area contributed by atoms with Crippen LogP contribution in [0.3, 0.4) is 0 Å². The Labute approximate surface area is 174 Å². The van der Waals surface area contributed by atoms with Crippen molar-refractivity contribution in [3.63, 3.8) is 0 Å².